The number of benzene rings is 3. The van der Waals surface area contributed by atoms with Crippen LogP contribution < -0.4 is 5.49 Å². The van der Waals surface area contributed by atoms with Crippen molar-refractivity contribution >= 4 is 28.7 Å². The first-order valence-corrected chi connectivity index (χ1v) is 9.30. The Hall–Kier alpha value is -3.39. The highest BCUT2D eigenvalue weighted by Crippen LogP contribution is 2.16. The van der Waals surface area contributed by atoms with Gasteiger partial charge in [0.05, 0.1) is 5.69 Å². The number of fused-ring (bicyclic) bond motifs is 1. The van der Waals surface area contributed by atoms with Crippen LogP contribution in [-0.2, 0) is 6.54 Å². The molecular formula is C25H22N2. The molecule has 1 aromatic heterocycles. The molecule has 3 aromatic carbocycles. The second kappa shape index (κ2) is 7.88. The fourth-order valence-electron chi connectivity index (χ4n) is 3.23. The lowest BCUT2D eigenvalue weighted by atomic mass is 10.1. The Morgan fingerprint density at radius 1 is 0.704 bits per heavy atom. The fourth-order valence-corrected chi connectivity index (χ4v) is 3.23. The van der Waals surface area contributed by atoms with Crippen molar-refractivity contribution in [3.05, 3.63) is 108 Å². The predicted molar refractivity (Wildman–Crippen MR) is 115 cm³/mol. The van der Waals surface area contributed by atoms with Crippen molar-refractivity contribution in [2.75, 3.05) is 0 Å². The minimum absolute atomic E-state index is 0.887. The van der Waals surface area contributed by atoms with Crippen LogP contribution in [0.1, 0.15) is 18.1 Å². The summed E-state index contributed by atoms with van der Waals surface area (Å²) in [7, 11) is 0. The quantitative estimate of drug-likeness (QED) is 0.398. The molecule has 0 spiro atoms. The van der Waals surface area contributed by atoms with E-state index in [2.05, 4.69) is 96.4 Å². The molecular weight excluding hydrogens is 328 g/mol. The highest BCUT2D eigenvalue weighted by Gasteiger charge is 1.99. The Kier molecular flexibility index (Phi) is 4.97. The van der Waals surface area contributed by atoms with Gasteiger partial charge in [-0.15, -0.1) is 0 Å². The van der Waals surface area contributed by atoms with Gasteiger partial charge >= 0.3 is 0 Å². The van der Waals surface area contributed by atoms with Crippen LogP contribution in [0.5, 0.6) is 0 Å². The molecule has 0 amide bonds. The molecule has 0 aliphatic heterocycles. The van der Waals surface area contributed by atoms with Gasteiger partial charge < -0.3 is 4.57 Å². The third kappa shape index (κ3) is 3.90. The lowest BCUT2D eigenvalue weighted by molar-refractivity contribution is 0.745. The highest BCUT2D eigenvalue weighted by atomic mass is 15.0. The molecule has 4 rings (SSSR count). The summed E-state index contributed by atoms with van der Waals surface area (Å²) in [5, 5.41) is 1.24. The van der Waals surface area contributed by atoms with Gasteiger partial charge in [0.15, 0.2) is 0 Å². The Morgan fingerprint density at radius 3 is 2.11 bits per heavy atom. The summed E-state index contributed by atoms with van der Waals surface area (Å²) in [5.41, 5.74) is 5.52. The average Bonchev–Trinajstić information content (AvgIpc) is 2.74. The molecule has 0 saturated heterocycles. The van der Waals surface area contributed by atoms with Crippen LogP contribution in [0.3, 0.4) is 0 Å². The maximum Gasteiger partial charge on any atom is 0.133 e. The van der Waals surface area contributed by atoms with E-state index in [0.717, 1.165) is 17.7 Å². The molecule has 1 heterocycles. The molecule has 0 unspecified atom stereocenters. The molecule has 0 saturated carbocycles. The molecule has 0 N–H and O–H groups in total. The van der Waals surface area contributed by atoms with Crippen LogP contribution in [0.4, 0.5) is 5.69 Å². The summed E-state index contributed by atoms with van der Waals surface area (Å²) in [4.78, 5) is 4.86. The van der Waals surface area contributed by atoms with E-state index in [1.807, 2.05) is 18.2 Å². The van der Waals surface area contributed by atoms with Gasteiger partial charge in [-0.1, -0.05) is 72.8 Å². The summed E-state index contributed by atoms with van der Waals surface area (Å²) in [5.74, 6) is 0. The molecule has 0 atom stereocenters. The zero-order chi connectivity index (χ0) is 18.5. The number of nitrogens with zero attached hydrogens (tertiary/aromatic N) is 2. The maximum atomic E-state index is 4.86. The molecule has 27 heavy (non-hydrogen) atoms. The van der Waals surface area contributed by atoms with Crippen molar-refractivity contribution in [2.24, 2.45) is 4.99 Å². The summed E-state index contributed by atoms with van der Waals surface area (Å²) >= 11 is 0. The minimum Gasteiger partial charge on any atom is -0.326 e. The van der Waals surface area contributed by atoms with Crippen molar-refractivity contribution < 1.29 is 0 Å². The molecule has 0 radical (unpaired) electrons. The number of pyridine rings is 1. The molecule has 132 valence electrons. The number of aryl methyl sites for hydroxylation is 1. The Balaban J connectivity index is 1.65. The zero-order valence-electron chi connectivity index (χ0n) is 15.4. The van der Waals surface area contributed by atoms with E-state index in [-0.39, 0.29) is 0 Å². The lowest BCUT2D eigenvalue weighted by Crippen LogP contribution is -2.19. The van der Waals surface area contributed by atoms with Crippen molar-refractivity contribution in [1.29, 1.82) is 0 Å². The van der Waals surface area contributed by atoms with E-state index in [0.29, 0.717) is 0 Å². The first-order chi connectivity index (χ1) is 13.3. The minimum atomic E-state index is 0.887. The van der Waals surface area contributed by atoms with Crippen LogP contribution in [0, 0.1) is 0 Å². The Bertz CT molecular complexity index is 1130. The first kappa shape index (κ1) is 17.0. The fraction of sp³-hybridized carbons (Fsp3) is 0.0800. The van der Waals surface area contributed by atoms with Gasteiger partial charge in [0.25, 0.3) is 0 Å². The van der Waals surface area contributed by atoms with E-state index in [9.17, 15) is 0 Å². The first-order valence-electron chi connectivity index (χ1n) is 9.30. The largest absolute Gasteiger partial charge is 0.326 e. The standard InChI is InChI=1S/C25H22N2/c1-2-27-24-11-7-6-10-22(24)16-19-25(27)26-23-17-14-21(15-18-23)13-12-20-8-4-3-5-9-20/h3-19H,2H2,1H3. The highest BCUT2D eigenvalue weighted by molar-refractivity contribution is 5.78. The third-order valence-corrected chi connectivity index (χ3v) is 4.64. The monoisotopic (exact) mass is 350 g/mol. The van der Waals surface area contributed by atoms with E-state index >= 15 is 0 Å². The lowest BCUT2D eigenvalue weighted by Gasteiger charge is -2.09. The maximum absolute atomic E-state index is 4.86. The van der Waals surface area contributed by atoms with Crippen LogP contribution in [0.25, 0.3) is 23.1 Å². The molecule has 0 aliphatic carbocycles. The summed E-state index contributed by atoms with van der Waals surface area (Å²) in [6, 6.07) is 31.3. The Morgan fingerprint density at radius 2 is 1.37 bits per heavy atom. The van der Waals surface area contributed by atoms with Crippen LogP contribution in [0.15, 0.2) is 96.0 Å². The normalized spacial score (nSPS) is 12.1. The number of para-hydroxylation sites is 1. The second-order valence-electron chi connectivity index (χ2n) is 6.44. The average molecular weight is 350 g/mol. The molecule has 2 heteroatoms. The van der Waals surface area contributed by atoms with Crippen molar-refractivity contribution in [3.8, 4) is 0 Å². The second-order valence-corrected chi connectivity index (χ2v) is 6.44. The van der Waals surface area contributed by atoms with Crippen LogP contribution in [0.2, 0.25) is 0 Å². The van der Waals surface area contributed by atoms with Crippen molar-refractivity contribution in [1.82, 2.24) is 4.57 Å². The van der Waals surface area contributed by atoms with Gasteiger partial charge in [-0.2, -0.15) is 0 Å². The predicted octanol–water partition coefficient (Wildman–Crippen LogP) is 6.06. The number of rotatable bonds is 4. The summed E-state index contributed by atoms with van der Waals surface area (Å²) < 4.78 is 2.25. The van der Waals surface area contributed by atoms with Crippen molar-refractivity contribution in [2.45, 2.75) is 13.5 Å². The SMILES string of the molecule is CCn1c(=Nc2ccc(C=Cc3ccccc3)cc2)ccc2ccccc21. The smallest absolute Gasteiger partial charge is 0.133 e. The molecule has 0 fully saturated rings. The van der Waals surface area contributed by atoms with Gasteiger partial charge in [-0.3, -0.25) is 0 Å². The van der Waals surface area contributed by atoms with Gasteiger partial charge in [-0.05, 0) is 53.8 Å². The van der Waals surface area contributed by atoms with Gasteiger partial charge in [-0.25, -0.2) is 4.99 Å². The van der Waals surface area contributed by atoms with E-state index in [1.165, 1.54) is 22.0 Å². The zero-order valence-corrected chi connectivity index (χ0v) is 15.4. The topological polar surface area (TPSA) is 17.3 Å². The molecule has 0 bridgehead atoms. The van der Waals surface area contributed by atoms with Gasteiger partial charge in [0.1, 0.15) is 5.49 Å². The van der Waals surface area contributed by atoms with Gasteiger partial charge in [0.2, 0.25) is 0 Å². The van der Waals surface area contributed by atoms with E-state index in [4.69, 9.17) is 4.99 Å². The number of aromatic nitrogens is 1. The Labute approximate surface area is 159 Å². The summed E-state index contributed by atoms with van der Waals surface area (Å²) in [6.07, 6.45) is 4.25. The van der Waals surface area contributed by atoms with E-state index < -0.39 is 0 Å². The van der Waals surface area contributed by atoms with Crippen LogP contribution >= 0.6 is 0 Å². The molecule has 2 nitrogen and oxygen atoms in total. The third-order valence-electron chi connectivity index (χ3n) is 4.64. The van der Waals surface area contributed by atoms with Crippen LogP contribution in [-0.4, -0.2) is 4.57 Å². The van der Waals surface area contributed by atoms with Crippen molar-refractivity contribution in [3.63, 3.8) is 0 Å². The van der Waals surface area contributed by atoms with E-state index in [1.54, 1.807) is 0 Å². The number of hydrogen-bond donors (Lipinski definition) is 0. The molecule has 0 aliphatic rings. The van der Waals surface area contributed by atoms with Gasteiger partial charge in [0, 0.05) is 12.1 Å². The molecule has 4 aromatic rings. The number of hydrogen-bond acceptors (Lipinski definition) is 1. The summed E-state index contributed by atoms with van der Waals surface area (Å²) in [6.45, 7) is 3.04.